The Morgan fingerprint density at radius 1 is 1.42 bits per heavy atom. The van der Waals surface area contributed by atoms with Crippen LogP contribution in [0, 0.1) is 13.8 Å². The molecule has 0 bridgehead atoms. The number of carbonyl (C=O) groups excluding carboxylic acids is 1. The molecule has 0 aromatic carbocycles. The van der Waals surface area contributed by atoms with E-state index in [0.29, 0.717) is 25.6 Å². The maximum Gasteiger partial charge on any atom is 0.245 e. The monoisotopic (exact) mass is 330 g/mol. The first-order chi connectivity index (χ1) is 11.6. The zero-order valence-electron chi connectivity index (χ0n) is 14.2. The highest BCUT2D eigenvalue weighted by atomic mass is 16.5. The van der Waals surface area contributed by atoms with E-state index in [1.807, 2.05) is 33.2 Å². The Labute approximate surface area is 140 Å². The normalized spacial score (nSPS) is 17.8. The predicted molar refractivity (Wildman–Crippen MR) is 88.6 cm³/mol. The maximum atomic E-state index is 12.7. The van der Waals surface area contributed by atoms with Gasteiger partial charge in [-0.1, -0.05) is 0 Å². The maximum absolute atomic E-state index is 12.7. The van der Waals surface area contributed by atoms with Crippen LogP contribution in [0.2, 0.25) is 0 Å². The molecule has 1 amide bonds. The number of ether oxygens (including phenoxy) is 1. The molecule has 1 aliphatic rings. The van der Waals surface area contributed by atoms with E-state index < -0.39 is 0 Å². The zero-order chi connectivity index (χ0) is 17.1. The summed E-state index contributed by atoms with van der Waals surface area (Å²) in [6.45, 7) is 5.51. The minimum absolute atomic E-state index is 0.0116. The minimum atomic E-state index is -0.282. The highest BCUT2D eigenvalue weighted by Gasteiger charge is 2.31. The molecule has 8 nitrogen and oxygen atoms in total. The van der Waals surface area contributed by atoms with Crippen molar-refractivity contribution in [3.05, 3.63) is 35.5 Å². The van der Waals surface area contributed by atoms with E-state index >= 15 is 0 Å². The van der Waals surface area contributed by atoms with Crippen molar-refractivity contribution in [1.82, 2.24) is 24.6 Å². The van der Waals surface area contributed by atoms with Crippen molar-refractivity contribution in [2.24, 2.45) is 0 Å². The van der Waals surface area contributed by atoms with Crippen LogP contribution in [0.15, 0.2) is 18.5 Å². The molecule has 1 saturated heterocycles. The summed E-state index contributed by atoms with van der Waals surface area (Å²) in [6.07, 6.45) is 3.60. The topological polar surface area (TPSA) is 85.2 Å². The van der Waals surface area contributed by atoms with Gasteiger partial charge in [-0.15, -0.1) is 0 Å². The number of hydrogen-bond donors (Lipinski definition) is 1. The predicted octanol–water partition coefficient (Wildman–Crippen LogP) is 0.932. The molecule has 2 aromatic rings. The van der Waals surface area contributed by atoms with Gasteiger partial charge in [0.1, 0.15) is 18.4 Å². The van der Waals surface area contributed by atoms with E-state index in [0.717, 1.165) is 17.1 Å². The Hall–Kier alpha value is -2.48. The van der Waals surface area contributed by atoms with E-state index in [1.165, 1.54) is 0 Å². The fraction of sp³-hybridized carbons (Fsp3) is 0.500. The SMILES string of the molecule is CNc1cc(C)nc([C@H]2COCCN2C(=O)Cn2cc(C)cn2)n1. The number of carbonyl (C=O) groups is 1. The Bertz CT molecular complexity index is 729. The van der Waals surface area contributed by atoms with Crippen LogP contribution in [0.1, 0.15) is 23.1 Å². The Balaban J connectivity index is 1.82. The second-order valence-corrected chi connectivity index (χ2v) is 5.90. The number of aromatic nitrogens is 4. The lowest BCUT2D eigenvalue weighted by Gasteiger charge is -2.34. The highest BCUT2D eigenvalue weighted by molar-refractivity contribution is 5.76. The molecule has 2 aromatic heterocycles. The molecular formula is C16H22N6O2. The third kappa shape index (κ3) is 3.53. The van der Waals surface area contributed by atoms with Gasteiger partial charge in [0.05, 0.1) is 19.4 Å². The summed E-state index contributed by atoms with van der Waals surface area (Å²) in [5.41, 5.74) is 1.88. The Kier molecular flexibility index (Phi) is 4.75. The number of nitrogens with zero attached hydrogens (tertiary/aromatic N) is 5. The number of amides is 1. The second-order valence-electron chi connectivity index (χ2n) is 5.90. The largest absolute Gasteiger partial charge is 0.377 e. The number of aryl methyl sites for hydroxylation is 2. The standard InChI is InChI=1S/C16H22N6O2/c1-11-7-18-21(8-11)9-15(23)22-4-5-24-10-13(22)16-19-12(2)6-14(17-3)20-16/h6-8,13H,4-5,9-10H2,1-3H3,(H,17,19,20)/t13-/m1/s1. The fourth-order valence-electron chi connectivity index (χ4n) is 2.77. The summed E-state index contributed by atoms with van der Waals surface area (Å²) in [5.74, 6) is 1.32. The molecule has 0 unspecified atom stereocenters. The molecule has 3 heterocycles. The average molecular weight is 330 g/mol. The van der Waals surface area contributed by atoms with Crippen LogP contribution < -0.4 is 5.32 Å². The molecule has 1 aliphatic heterocycles. The quantitative estimate of drug-likeness (QED) is 0.898. The molecule has 1 fully saturated rings. The third-order valence-electron chi connectivity index (χ3n) is 3.93. The van der Waals surface area contributed by atoms with Crippen LogP contribution in [0.25, 0.3) is 0 Å². The molecule has 1 N–H and O–H groups in total. The van der Waals surface area contributed by atoms with E-state index in [2.05, 4.69) is 20.4 Å². The molecule has 8 heteroatoms. The fourth-order valence-corrected chi connectivity index (χ4v) is 2.77. The van der Waals surface area contributed by atoms with Gasteiger partial charge in [-0.3, -0.25) is 9.48 Å². The summed E-state index contributed by atoms with van der Waals surface area (Å²) in [4.78, 5) is 23.5. The number of rotatable bonds is 4. The van der Waals surface area contributed by atoms with Gasteiger partial charge >= 0.3 is 0 Å². The summed E-state index contributed by atoms with van der Waals surface area (Å²) in [7, 11) is 1.81. The third-order valence-corrected chi connectivity index (χ3v) is 3.93. The first-order valence-electron chi connectivity index (χ1n) is 7.96. The zero-order valence-corrected chi connectivity index (χ0v) is 14.2. The smallest absolute Gasteiger partial charge is 0.245 e. The van der Waals surface area contributed by atoms with Crippen molar-refractivity contribution in [2.45, 2.75) is 26.4 Å². The Morgan fingerprint density at radius 3 is 2.96 bits per heavy atom. The number of hydrogen-bond acceptors (Lipinski definition) is 6. The van der Waals surface area contributed by atoms with Crippen LogP contribution in [-0.2, 0) is 16.1 Å². The molecule has 0 spiro atoms. The van der Waals surface area contributed by atoms with Gasteiger partial charge in [-0.05, 0) is 19.4 Å². The first-order valence-corrected chi connectivity index (χ1v) is 7.96. The van der Waals surface area contributed by atoms with Crippen LogP contribution in [0.4, 0.5) is 5.82 Å². The highest BCUT2D eigenvalue weighted by Crippen LogP contribution is 2.23. The van der Waals surface area contributed by atoms with Crippen molar-refractivity contribution in [3.8, 4) is 0 Å². The van der Waals surface area contributed by atoms with Gasteiger partial charge in [0.15, 0.2) is 5.82 Å². The van der Waals surface area contributed by atoms with E-state index in [1.54, 1.807) is 15.8 Å². The van der Waals surface area contributed by atoms with Crippen LogP contribution in [0.3, 0.4) is 0 Å². The van der Waals surface area contributed by atoms with Crippen LogP contribution in [-0.4, -0.2) is 57.4 Å². The lowest BCUT2D eigenvalue weighted by Crippen LogP contribution is -2.45. The van der Waals surface area contributed by atoms with Gasteiger partial charge in [0, 0.05) is 31.5 Å². The van der Waals surface area contributed by atoms with Crippen molar-refractivity contribution in [3.63, 3.8) is 0 Å². The van der Waals surface area contributed by atoms with Gasteiger partial charge in [0.2, 0.25) is 5.91 Å². The molecular weight excluding hydrogens is 308 g/mol. The van der Waals surface area contributed by atoms with Gasteiger partial charge < -0.3 is 15.0 Å². The van der Waals surface area contributed by atoms with Crippen molar-refractivity contribution in [2.75, 3.05) is 32.1 Å². The lowest BCUT2D eigenvalue weighted by molar-refractivity contribution is -0.141. The Morgan fingerprint density at radius 2 is 2.25 bits per heavy atom. The lowest BCUT2D eigenvalue weighted by atomic mass is 10.2. The summed E-state index contributed by atoms with van der Waals surface area (Å²) < 4.78 is 7.22. The summed E-state index contributed by atoms with van der Waals surface area (Å²) in [5, 5.41) is 7.21. The van der Waals surface area contributed by atoms with Crippen LogP contribution >= 0.6 is 0 Å². The molecule has 0 aliphatic carbocycles. The summed E-state index contributed by atoms with van der Waals surface area (Å²) in [6, 6.07) is 1.58. The molecule has 0 saturated carbocycles. The minimum Gasteiger partial charge on any atom is -0.377 e. The first kappa shape index (κ1) is 16.4. The molecule has 24 heavy (non-hydrogen) atoms. The molecule has 1 atom stereocenters. The van der Waals surface area contributed by atoms with E-state index in [4.69, 9.17) is 4.74 Å². The molecule has 0 radical (unpaired) electrons. The van der Waals surface area contributed by atoms with Crippen molar-refractivity contribution < 1.29 is 9.53 Å². The van der Waals surface area contributed by atoms with E-state index in [-0.39, 0.29) is 18.5 Å². The van der Waals surface area contributed by atoms with E-state index in [9.17, 15) is 4.79 Å². The second kappa shape index (κ2) is 6.96. The number of morpholine rings is 1. The molecule has 3 rings (SSSR count). The van der Waals surface area contributed by atoms with Gasteiger partial charge in [-0.2, -0.15) is 5.10 Å². The van der Waals surface area contributed by atoms with Gasteiger partial charge in [0.25, 0.3) is 0 Å². The molecule has 128 valence electrons. The summed E-state index contributed by atoms with van der Waals surface area (Å²) >= 11 is 0. The average Bonchev–Trinajstić information content (AvgIpc) is 2.99. The number of nitrogens with one attached hydrogen (secondary N) is 1. The van der Waals surface area contributed by atoms with Crippen molar-refractivity contribution >= 4 is 11.7 Å². The number of anilines is 1. The van der Waals surface area contributed by atoms with Crippen LogP contribution in [0.5, 0.6) is 0 Å². The van der Waals surface area contributed by atoms with Gasteiger partial charge in [-0.25, -0.2) is 9.97 Å². The van der Waals surface area contributed by atoms with Crippen molar-refractivity contribution in [1.29, 1.82) is 0 Å².